The molecule has 2 N–H and O–H groups in total. The number of hydrogen-bond acceptors (Lipinski definition) is 2. The fourth-order valence-electron chi connectivity index (χ4n) is 1.59. The maximum absolute atomic E-state index is 11.7. The van der Waals surface area contributed by atoms with Crippen LogP contribution in [-0.2, 0) is 11.2 Å². The number of amides is 1. The van der Waals surface area contributed by atoms with Gasteiger partial charge in [-0.1, -0.05) is 37.3 Å². The van der Waals surface area contributed by atoms with Gasteiger partial charge in [0.1, 0.15) is 0 Å². The van der Waals surface area contributed by atoms with E-state index in [-0.39, 0.29) is 11.4 Å². The number of carbonyl (C=O) groups is 1. The van der Waals surface area contributed by atoms with E-state index in [1.165, 1.54) is 5.56 Å². The molecule has 0 bridgehead atoms. The smallest absolute Gasteiger partial charge is 0.234 e. The van der Waals surface area contributed by atoms with Crippen LogP contribution in [-0.4, -0.2) is 24.5 Å². The summed E-state index contributed by atoms with van der Waals surface area (Å²) in [7, 11) is 0. The number of benzene rings is 1. The van der Waals surface area contributed by atoms with Crippen LogP contribution in [0.5, 0.6) is 0 Å². The summed E-state index contributed by atoms with van der Waals surface area (Å²) in [6.45, 7) is 7.35. The summed E-state index contributed by atoms with van der Waals surface area (Å²) in [6.07, 6.45) is 1.88. The Morgan fingerprint density at radius 3 is 2.50 bits per heavy atom. The number of carbonyl (C=O) groups excluding carboxylic acids is 1. The van der Waals surface area contributed by atoms with Crippen molar-refractivity contribution in [3.63, 3.8) is 0 Å². The average Bonchev–Trinajstić information content (AvgIpc) is 2.35. The predicted octanol–water partition coefficient (Wildman–Crippen LogP) is 2.12. The Balaban J connectivity index is 2.17. The van der Waals surface area contributed by atoms with Crippen molar-refractivity contribution in [2.24, 2.45) is 0 Å². The fraction of sp³-hybridized carbons (Fsp3) is 0.533. The van der Waals surface area contributed by atoms with Crippen LogP contribution in [0, 0.1) is 0 Å². The number of hydrogen-bond donors (Lipinski definition) is 2. The van der Waals surface area contributed by atoms with Gasteiger partial charge in [-0.15, -0.1) is 0 Å². The normalized spacial score (nSPS) is 11.3. The SMILES string of the molecule is CCC(C)(C)NC(=O)CNCCc1ccccc1. The minimum atomic E-state index is -0.113. The molecule has 0 aliphatic carbocycles. The first-order chi connectivity index (χ1) is 8.53. The minimum absolute atomic E-state index is 0.0647. The number of nitrogens with one attached hydrogen (secondary N) is 2. The summed E-state index contributed by atoms with van der Waals surface area (Å²) in [5.41, 5.74) is 1.18. The summed E-state index contributed by atoms with van der Waals surface area (Å²) in [4.78, 5) is 11.7. The van der Waals surface area contributed by atoms with E-state index in [0.29, 0.717) is 6.54 Å². The zero-order chi connectivity index (χ0) is 13.4. The summed E-state index contributed by atoms with van der Waals surface area (Å²) >= 11 is 0. The molecule has 0 unspecified atom stereocenters. The van der Waals surface area contributed by atoms with Crippen LogP contribution in [0.15, 0.2) is 30.3 Å². The highest BCUT2D eigenvalue weighted by atomic mass is 16.2. The van der Waals surface area contributed by atoms with E-state index in [1.807, 2.05) is 32.0 Å². The molecule has 1 aromatic rings. The van der Waals surface area contributed by atoms with Gasteiger partial charge in [-0.25, -0.2) is 0 Å². The molecule has 0 saturated carbocycles. The van der Waals surface area contributed by atoms with Gasteiger partial charge < -0.3 is 10.6 Å². The average molecular weight is 248 g/mol. The van der Waals surface area contributed by atoms with E-state index in [1.54, 1.807) is 0 Å². The Bertz CT molecular complexity index is 360. The molecule has 3 heteroatoms. The molecular formula is C15H24N2O. The molecule has 1 aromatic carbocycles. The Morgan fingerprint density at radius 2 is 1.89 bits per heavy atom. The first kappa shape index (κ1) is 14.7. The molecule has 1 rings (SSSR count). The summed E-state index contributed by atoms with van der Waals surface area (Å²) in [5, 5.41) is 6.17. The lowest BCUT2D eigenvalue weighted by Crippen LogP contribution is -2.46. The second-order valence-corrected chi connectivity index (χ2v) is 5.20. The molecule has 0 fully saturated rings. The second-order valence-electron chi connectivity index (χ2n) is 5.20. The third-order valence-electron chi connectivity index (χ3n) is 3.08. The Kier molecular flexibility index (Phi) is 5.86. The van der Waals surface area contributed by atoms with Crippen molar-refractivity contribution in [3.05, 3.63) is 35.9 Å². The Morgan fingerprint density at radius 1 is 1.22 bits per heavy atom. The summed E-state index contributed by atoms with van der Waals surface area (Å²) in [6, 6.07) is 10.3. The van der Waals surface area contributed by atoms with Crippen molar-refractivity contribution in [2.45, 2.75) is 39.2 Å². The highest BCUT2D eigenvalue weighted by molar-refractivity contribution is 5.78. The van der Waals surface area contributed by atoms with Gasteiger partial charge in [-0.05, 0) is 38.8 Å². The number of rotatable bonds is 7. The molecule has 0 aliphatic heterocycles. The highest BCUT2D eigenvalue weighted by Crippen LogP contribution is 2.05. The van der Waals surface area contributed by atoms with E-state index >= 15 is 0 Å². The van der Waals surface area contributed by atoms with Gasteiger partial charge >= 0.3 is 0 Å². The Hall–Kier alpha value is -1.35. The lowest BCUT2D eigenvalue weighted by Gasteiger charge is -2.24. The molecule has 0 heterocycles. The van der Waals surface area contributed by atoms with Gasteiger partial charge in [0, 0.05) is 5.54 Å². The van der Waals surface area contributed by atoms with Crippen molar-refractivity contribution >= 4 is 5.91 Å². The highest BCUT2D eigenvalue weighted by Gasteiger charge is 2.16. The Labute approximate surface area is 110 Å². The molecule has 1 amide bonds. The lowest BCUT2D eigenvalue weighted by molar-refractivity contribution is -0.121. The zero-order valence-electron chi connectivity index (χ0n) is 11.6. The van der Waals surface area contributed by atoms with Gasteiger partial charge in [-0.2, -0.15) is 0 Å². The minimum Gasteiger partial charge on any atom is -0.350 e. The van der Waals surface area contributed by atoms with E-state index in [0.717, 1.165) is 19.4 Å². The van der Waals surface area contributed by atoms with Crippen LogP contribution in [0.4, 0.5) is 0 Å². The van der Waals surface area contributed by atoms with Gasteiger partial charge in [0.2, 0.25) is 5.91 Å². The molecule has 0 spiro atoms. The zero-order valence-corrected chi connectivity index (χ0v) is 11.6. The first-order valence-electron chi connectivity index (χ1n) is 6.59. The van der Waals surface area contributed by atoms with Crippen LogP contribution in [0.1, 0.15) is 32.8 Å². The van der Waals surface area contributed by atoms with Gasteiger partial charge in [-0.3, -0.25) is 4.79 Å². The van der Waals surface area contributed by atoms with Crippen molar-refractivity contribution in [3.8, 4) is 0 Å². The van der Waals surface area contributed by atoms with Crippen molar-refractivity contribution in [1.29, 1.82) is 0 Å². The predicted molar refractivity (Wildman–Crippen MR) is 75.5 cm³/mol. The van der Waals surface area contributed by atoms with E-state index < -0.39 is 0 Å². The van der Waals surface area contributed by atoms with Crippen LogP contribution >= 0.6 is 0 Å². The quantitative estimate of drug-likeness (QED) is 0.726. The topological polar surface area (TPSA) is 41.1 Å². The lowest BCUT2D eigenvalue weighted by atomic mass is 10.0. The monoisotopic (exact) mass is 248 g/mol. The molecular weight excluding hydrogens is 224 g/mol. The largest absolute Gasteiger partial charge is 0.350 e. The molecule has 0 aromatic heterocycles. The van der Waals surface area contributed by atoms with Gasteiger partial charge in [0.15, 0.2) is 0 Å². The molecule has 0 radical (unpaired) electrons. The summed E-state index contributed by atoms with van der Waals surface area (Å²) < 4.78 is 0. The van der Waals surface area contributed by atoms with Crippen LogP contribution in [0.25, 0.3) is 0 Å². The maximum atomic E-state index is 11.7. The van der Waals surface area contributed by atoms with E-state index in [2.05, 4.69) is 29.7 Å². The molecule has 0 atom stereocenters. The van der Waals surface area contributed by atoms with E-state index in [9.17, 15) is 4.79 Å². The van der Waals surface area contributed by atoms with Crippen molar-refractivity contribution < 1.29 is 4.79 Å². The third kappa shape index (κ3) is 5.82. The molecule has 0 aliphatic rings. The molecule has 3 nitrogen and oxygen atoms in total. The standard InChI is InChI=1S/C15H24N2O/c1-4-15(2,3)17-14(18)12-16-11-10-13-8-6-5-7-9-13/h5-9,16H,4,10-12H2,1-3H3,(H,17,18). The van der Waals surface area contributed by atoms with E-state index in [4.69, 9.17) is 0 Å². The molecule has 18 heavy (non-hydrogen) atoms. The fourth-order valence-corrected chi connectivity index (χ4v) is 1.59. The van der Waals surface area contributed by atoms with Crippen LogP contribution in [0.3, 0.4) is 0 Å². The molecule has 100 valence electrons. The van der Waals surface area contributed by atoms with Gasteiger partial charge in [0.05, 0.1) is 6.54 Å². The first-order valence-corrected chi connectivity index (χ1v) is 6.59. The second kappa shape index (κ2) is 7.17. The van der Waals surface area contributed by atoms with Crippen LogP contribution in [0.2, 0.25) is 0 Å². The molecule has 0 saturated heterocycles. The van der Waals surface area contributed by atoms with Gasteiger partial charge in [0.25, 0.3) is 0 Å². The van der Waals surface area contributed by atoms with Crippen molar-refractivity contribution in [1.82, 2.24) is 10.6 Å². The van der Waals surface area contributed by atoms with Crippen molar-refractivity contribution in [2.75, 3.05) is 13.1 Å². The third-order valence-corrected chi connectivity index (χ3v) is 3.08. The van der Waals surface area contributed by atoms with Crippen LogP contribution < -0.4 is 10.6 Å². The maximum Gasteiger partial charge on any atom is 0.234 e. The summed E-state index contributed by atoms with van der Waals surface area (Å²) in [5.74, 6) is 0.0647.